The summed E-state index contributed by atoms with van der Waals surface area (Å²) in [6, 6.07) is 13.9. The average molecular weight is 326 g/mol. The fourth-order valence-corrected chi connectivity index (χ4v) is 2.65. The molecule has 2 aromatic carbocycles. The maximum absolute atomic E-state index is 13.8. The molecule has 0 bridgehead atoms. The Morgan fingerprint density at radius 2 is 2.08 bits per heavy atom. The molecule has 0 saturated carbocycles. The highest BCUT2D eigenvalue weighted by molar-refractivity contribution is 5.82. The number of nitrogens with one attached hydrogen (secondary N) is 1. The Hall–Kier alpha value is -2.50. The molecule has 4 nitrogen and oxygen atoms in total. The molecular formula is C19H19FN2O2. The number of methoxy groups -OCH3 is 1. The van der Waals surface area contributed by atoms with E-state index in [1.165, 1.54) is 6.07 Å². The van der Waals surface area contributed by atoms with Crippen molar-refractivity contribution in [1.29, 1.82) is 0 Å². The lowest BCUT2D eigenvalue weighted by Crippen LogP contribution is -2.21. The van der Waals surface area contributed by atoms with Gasteiger partial charge in [-0.1, -0.05) is 18.2 Å². The number of aromatic nitrogens is 1. The van der Waals surface area contributed by atoms with Gasteiger partial charge in [0.15, 0.2) is 0 Å². The van der Waals surface area contributed by atoms with Crippen molar-refractivity contribution in [2.75, 3.05) is 13.7 Å². The molecule has 1 atom stereocenters. The zero-order chi connectivity index (χ0) is 16.9. The molecule has 1 heterocycles. The summed E-state index contributed by atoms with van der Waals surface area (Å²) in [6.45, 7) is 0.869. The summed E-state index contributed by atoms with van der Waals surface area (Å²) >= 11 is 0. The van der Waals surface area contributed by atoms with E-state index in [9.17, 15) is 9.50 Å². The van der Waals surface area contributed by atoms with Gasteiger partial charge in [-0.25, -0.2) is 4.39 Å². The van der Waals surface area contributed by atoms with Crippen LogP contribution in [0, 0.1) is 5.82 Å². The van der Waals surface area contributed by atoms with Crippen LogP contribution in [0.2, 0.25) is 0 Å². The van der Waals surface area contributed by atoms with E-state index < -0.39 is 6.10 Å². The van der Waals surface area contributed by atoms with Gasteiger partial charge in [0.05, 0.1) is 18.7 Å². The molecule has 24 heavy (non-hydrogen) atoms. The van der Waals surface area contributed by atoms with E-state index in [0.717, 1.165) is 11.1 Å². The van der Waals surface area contributed by atoms with Crippen molar-refractivity contribution in [3.63, 3.8) is 0 Å². The molecule has 124 valence electrons. The number of ether oxygens (including phenoxy) is 1. The van der Waals surface area contributed by atoms with Crippen LogP contribution in [-0.2, 0) is 6.54 Å². The first kappa shape index (κ1) is 16.4. The fraction of sp³-hybridized carbons (Fsp3) is 0.211. The monoisotopic (exact) mass is 326 g/mol. The summed E-state index contributed by atoms with van der Waals surface area (Å²) in [4.78, 5) is 4.26. The summed E-state index contributed by atoms with van der Waals surface area (Å²) in [5, 5.41) is 14.0. The molecule has 2 N–H and O–H groups in total. The van der Waals surface area contributed by atoms with Gasteiger partial charge >= 0.3 is 0 Å². The third-order valence-corrected chi connectivity index (χ3v) is 3.93. The fourth-order valence-electron chi connectivity index (χ4n) is 2.65. The highest BCUT2D eigenvalue weighted by Crippen LogP contribution is 2.21. The minimum atomic E-state index is -0.653. The van der Waals surface area contributed by atoms with Crippen molar-refractivity contribution in [3.8, 4) is 5.75 Å². The molecule has 0 saturated heterocycles. The molecule has 3 aromatic rings. The summed E-state index contributed by atoms with van der Waals surface area (Å²) in [5.74, 6) is 0.429. The molecule has 5 heteroatoms. The quantitative estimate of drug-likeness (QED) is 0.730. The van der Waals surface area contributed by atoms with E-state index in [1.807, 2.05) is 18.2 Å². The van der Waals surface area contributed by atoms with Crippen molar-refractivity contribution in [2.45, 2.75) is 12.6 Å². The van der Waals surface area contributed by atoms with Crippen molar-refractivity contribution in [2.24, 2.45) is 0 Å². The van der Waals surface area contributed by atoms with E-state index in [2.05, 4.69) is 10.3 Å². The van der Waals surface area contributed by atoms with Crippen LogP contribution >= 0.6 is 0 Å². The van der Waals surface area contributed by atoms with Gasteiger partial charge < -0.3 is 15.2 Å². The van der Waals surface area contributed by atoms with Crippen LogP contribution < -0.4 is 10.1 Å². The number of halogens is 1. The molecule has 0 aliphatic rings. The number of benzene rings is 2. The molecule has 3 rings (SSSR count). The van der Waals surface area contributed by atoms with Gasteiger partial charge in [0.1, 0.15) is 11.6 Å². The smallest absolute Gasteiger partial charge is 0.132 e. The molecular weight excluding hydrogens is 307 g/mol. The average Bonchev–Trinajstić information content (AvgIpc) is 2.64. The Labute approximate surface area is 139 Å². The third-order valence-electron chi connectivity index (χ3n) is 3.93. The van der Waals surface area contributed by atoms with E-state index in [-0.39, 0.29) is 5.82 Å². The van der Waals surface area contributed by atoms with E-state index >= 15 is 0 Å². The molecule has 0 aliphatic heterocycles. The number of pyridine rings is 1. The molecule has 1 aromatic heterocycles. The van der Waals surface area contributed by atoms with E-state index in [0.29, 0.717) is 29.7 Å². The van der Waals surface area contributed by atoms with Crippen LogP contribution in [-0.4, -0.2) is 23.7 Å². The van der Waals surface area contributed by atoms with Crippen LogP contribution in [0.3, 0.4) is 0 Å². The first-order chi connectivity index (χ1) is 11.7. The summed E-state index contributed by atoms with van der Waals surface area (Å²) in [6.07, 6.45) is 0.996. The van der Waals surface area contributed by atoms with Gasteiger partial charge in [0.2, 0.25) is 0 Å². The van der Waals surface area contributed by atoms with Crippen LogP contribution in [0.4, 0.5) is 4.39 Å². The van der Waals surface area contributed by atoms with Crippen LogP contribution in [0.1, 0.15) is 17.2 Å². The number of rotatable bonds is 6. The Bertz CT molecular complexity index is 838. The maximum atomic E-state index is 13.8. The number of nitrogens with zero attached hydrogens (tertiary/aromatic N) is 1. The first-order valence-electron chi connectivity index (χ1n) is 7.74. The lowest BCUT2D eigenvalue weighted by molar-refractivity contribution is 0.174. The SMILES string of the molecule is COc1cccc(C(O)CNCc2ccc(F)c3cccnc23)c1. The second-order valence-corrected chi connectivity index (χ2v) is 5.53. The number of hydrogen-bond acceptors (Lipinski definition) is 4. The molecule has 0 aliphatic carbocycles. The molecule has 0 radical (unpaired) electrons. The van der Waals surface area contributed by atoms with Gasteiger partial charge in [0.25, 0.3) is 0 Å². The zero-order valence-corrected chi connectivity index (χ0v) is 13.4. The van der Waals surface area contributed by atoms with Crippen molar-refractivity contribution >= 4 is 10.9 Å². The van der Waals surface area contributed by atoms with Gasteiger partial charge in [-0.15, -0.1) is 0 Å². The Morgan fingerprint density at radius 3 is 2.92 bits per heavy atom. The van der Waals surface area contributed by atoms with Gasteiger partial charge in [-0.05, 0) is 41.5 Å². The molecule has 0 spiro atoms. The zero-order valence-electron chi connectivity index (χ0n) is 13.4. The normalized spacial score (nSPS) is 12.3. The lowest BCUT2D eigenvalue weighted by Gasteiger charge is -2.14. The number of aliphatic hydroxyl groups is 1. The summed E-state index contributed by atoms with van der Waals surface area (Å²) in [7, 11) is 1.59. The Kier molecular flexibility index (Phi) is 5.03. The topological polar surface area (TPSA) is 54.4 Å². The lowest BCUT2D eigenvalue weighted by atomic mass is 10.1. The van der Waals surface area contributed by atoms with Crippen molar-refractivity contribution < 1.29 is 14.2 Å². The maximum Gasteiger partial charge on any atom is 0.132 e. The summed E-state index contributed by atoms with van der Waals surface area (Å²) in [5.41, 5.74) is 2.31. The van der Waals surface area contributed by atoms with E-state index in [4.69, 9.17) is 4.74 Å². The molecule has 0 fully saturated rings. The van der Waals surface area contributed by atoms with Gasteiger partial charge in [0, 0.05) is 24.7 Å². The van der Waals surface area contributed by atoms with Crippen molar-refractivity contribution in [3.05, 3.63) is 71.7 Å². The van der Waals surface area contributed by atoms with Gasteiger partial charge in [-0.2, -0.15) is 0 Å². The first-order valence-corrected chi connectivity index (χ1v) is 7.74. The standard InChI is InChI=1S/C19H19FN2O2/c1-24-15-5-2-4-13(10-15)18(23)12-21-11-14-7-8-17(20)16-6-3-9-22-19(14)16/h2-10,18,21,23H,11-12H2,1H3. The second-order valence-electron chi connectivity index (χ2n) is 5.53. The van der Waals surface area contributed by atoms with Crippen molar-refractivity contribution in [1.82, 2.24) is 10.3 Å². The van der Waals surface area contributed by atoms with Crippen LogP contribution in [0.25, 0.3) is 10.9 Å². The highest BCUT2D eigenvalue weighted by atomic mass is 19.1. The summed E-state index contributed by atoms with van der Waals surface area (Å²) < 4.78 is 19.0. The molecule has 1 unspecified atom stereocenters. The minimum absolute atomic E-state index is 0.279. The van der Waals surface area contributed by atoms with E-state index in [1.54, 1.807) is 37.6 Å². The minimum Gasteiger partial charge on any atom is -0.497 e. The molecule has 0 amide bonds. The largest absolute Gasteiger partial charge is 0.497 e. The number of aliphatic hydroxyl groups excluding tert-OH is 1. The van der Waals surface area contributed by atoms with Crippen LogP contribution in [0.15, 0.2) is 54.7 Å². The number of fused-ring (bicyclic) bond motifs is 1. The van der Waals surface area contributed by atoms with Gasteiger partial charge in [-0.3, -0.25) is 4.98 Å². The third kappa shape index (κ3) is 3.53. The second kappa shape index (κ2) is 7.38. The Morgan fingerprint density at radius 1 is 1.21 bits per heavy atom. The number of hydrogen-bond donors (Lipinski definition) is 2. The Balaban J connectivity index is 1.67. The van der Waals surface area contributed by atoms with Crippen LogP contribution in [0.5, 0.6) is 5.75 Å². The predicted molar refractivity (Wildman–Crippen MR) is 91.4 cm³/mol. The predicted octanol–water partition coefficient (Wildman–Crippen LogP) is 3.21. The highest BCUT2D eigenvalue weighted by Gasteiger charge is 2.10.